The van der Waals surface area contributed by atoms with Crippen molar-refractivity contribution in [2.45, 2.75) is 0 Å². The van der Waals surface area contributed by atoms with E-state index >= 15 is 0 Å². The molecular weight excluding hydrogens is 150 g/mol. The molecule has 3 heteroatoms. The maximum Gasteiger partial charge on any atom is 0.181 e. The fourth-order valence-corrected chi connectivity index (χ4v) is 1.02. The maximum absolute atomic E-state index is 8.73. The Morgan fingerprint density at radius 1 is 1.08 bits per heavy atom. The SMILES string of the molecule is N#CC1C=CC=CC1(C#N)C#N. The van der Waals surface area contributed by atoms with E-state index in [-0.39, 0.29) is 0 Å². The lowest BCUT2D eigenvalue weighted by molar-refractivity contribution is 0.558. The van der Waals surface area contributed by atoms with E-state index in [2.05, 4.69) is 0 Å². The zero-order chi connectivity index (χ0) is 9.03. The Morgan fingerprint density at radius 2 is 1.75 bits per heavy atom. The van der Waals surface area contributed by atoms with Gasteiger partial charge in [-0.2, -0.15) is 15.8 Å². The number of allylic oxidation sites excluding steroid dienone is 4. The van der Waals surface area contributed by atoms with Gasteiger partial charge in [-0.05, 0) is 6.08 Å². The molecule has 0 bridgehead atoms. The van der Waals surface area contributed by atoms with Crippen LogP contribution < -0.4 is 0 Å². The van der Waals surface area contributed by atoms with Crippen LogP contribution in [0, 0.1) is 45.3 Å². The Labute approximate surface area is 70.5 Å². The van der Waals surface area contributed by atoms with E-state index in [9.17, 15) is 0 Å². The summed E-state index contributed by atoms with van der Waals surface area (Å²) in [6.45, 7) is 0. The molecule has 0 fully saturated rings. The minimum absolute atomic E-state index is 0.655. The predicted octanol–water partition coefficient (Wildman–Crippen LogP) is 1.29. The molecule has 0 aromatic rings. The van der Waals surface area contributed by atoms with Crippen LogP contribution in [0.25, 0.3) is 0 Å². The second-order valence-corrected chi connectivity index (χ2v) is 2.44. The first-order chi connectivity index (χ1) is 5.79. The zero-order valence-corrected chi connectivity index (χ0v) is 6.23. The number of hydrogen-bond acceptors (Lipinski definition) is 3. The van der Waals surface area contributed by atoms with Crippen molar-refractivity contribution < 1.29 is 0 Å². The van der Waals surface area contributed by atoms with Gasteiger partial charge >= 0.3 is 0 Å². The lowest BCUT2D eigenvalue weighted by atomic mass is 9.76. The molecule has 3 nitrogen and oxygen atoms in total. The fraction of sp³-hybridized carbons (Fsp3) is 0.222. The summed E-state index contributed by atoms with van der Waals surface area (Å²) >= 11 is 0. The Morgan fingerprint density at radius 3 is 2.17 bits per heavy atom. The van der Waals surface area contributed by atoms with Crippen molar-refractivity contribution in [2.75, 3.05) is 0 Å². The molecule has 0 saturated carbocycles. The summed E-state index contributed by atoms with van der Waals surface area (Å²) in [5.74, 6) is -0.655. The van der Waals surface area contributed by atoms with Gasteiger partial charge in [0.05, 0.1) is 18.2 Å². The van der Waals surface area contributed by atoms with Crippen LogP contribution in [0.3, 0.4) is 0 Å². The molecule has 0 aromatic heterocycles. The van der Waals surface area contributed by atoms with Crippen molar-refractivity contribution in [3.63, 3.8) is 0 Å². The topological polar surface area (TPSA) is 71.4 Å². The summed E-state index contributed by atoms with van der Waals surface area (Å²) in [6.07, 6.45) is 6.30. The molecule has 0 amide bonds. The molecule has 1 aliphatic carbocycles. The third kappa shape index (κ3) is 0.965. The summed E-state index contributed by atoms with van der Waals surface area (Å²) in [4.78, 5) is 0. The smallest absolute Gasteiger partial charge is 0.181 e. The third-order valence-electron chi connectivity index (χ3n) is 1.77. The highest BCUT2D eigenvalue weighted by Gasteiger charge is 2.37. The van der Waals surface area contributed by atoms with Gasteiger partial charge in [-0.1, -0.05) is 18.2 Å². The zero-order valence-electron chi connectivity index (χ0n) is 6.23. The van der Waals surface area contributed by atoms with E-state index in [1.807, 2.05) is 18.2 Å². The number of nitrogens with zero attached hydrogens (tertiary/aromatic N) is 3. The molecule has 0 spiro atoms. The second-order valence-electron chi connectivity index (χ2n) is 2.44. The van der Waals surface area contributed by atoms with Gasteiger partial charge in [0.25, 0.3) is 0 Å². The van der Waals surface area contributed by atoms with Crippen molar-refractivity contribution in [1.82, 2.24) is 0 Å². The predicted molar refractivity (Wildman–Crippen MR) is 41.0 cm³/mol. The molecule has 12 heavy (non-hydrogen) atoms. The van der Waals surface area contributed by atoms with Crippen LogP contribution in [0.4, 0.5) is 0 Å². The van der Waals surface area contributed by atoms with E-state index in [1.54, 1.807) is 18.2 Å². The Hall–Kier alpha value is -2.05. The number of rotatable bonds is 0. The summed E-state index contributed by atoms with van der Waals surface area (Å²) in [5.41, 5.74) is -1.29. The van der Waals surface area contributed by atoms with Crippen LogP contribution in [0.5, 0.6) is 0 Å². The van der Waals surface area contributed by atoms with E-state index < -0.39 is 11.3 Å². The Kier molecular flexibility index (Phi) is 1.95. The van der Waals surface area contributed by atoms with Gasteiger partial charge in [-0.15, -0.1) is 0 Å². The van der Waals surface area contributed by atoms with E-state index in [0.29, 0.717) is 0 Å². The van der Waals surface area contributed by atoms with Gasteiger partial charge in [-0.3, -0.25) is 0 Å². The summed E-state index contributed by atoms with van der Waals surface area (Å²) < 4.78 is 0. The van der Waals surface area contributed by atoms with Gasteiger partial charge in [0, 0.05) is 0 Å². The van der Waals surface area contributed by atoms with Crippen LogP contribution in [-0.4, -0.2) is 0 Å². The van der Waals surface area contributed by atoms with E-state index in [1.165, 1.54) is 6.08 Å². The summed E-state index contributed by atoms with van der Waals surface area (Å²) in [7, 11) is 0. The van der Waals surface area contributed by atoms with Crippen LogP contribution in [0.15, 0.2) is 24.3 Å². The minimum atomic E-state index is -1.29. The number of hydrogen-bond donors (Lipinski definition) is 0. The van der Waals surface area contributed by atoms with Gasteiger partial charge in [0.1, 0.15) is 5.92 Å². The van der Waals surface area contributed by atoms with Crippen LogP contribution in [0.2, 0.25) is 0 Å². The minimum Gasteiger partial charge on any atom is -0.198 e. The summed E-state index contributed by atoms with van der Waals surface area (Å²) in [6, 6.07) is 5.61. The highest BCUT2D eigenvalue weighted by atomic mass is 14.4. The molecule has 0 saturated heterocycles. The molecular formula is C9H5N3. The lowest BCUT2D eigenvalue weighted by Gasteiger charge is -2.18. The fourth-order valence-electron chi connectivity index (χ4n) is 1.02. The highest BCUT2D eigenvalue weighted by Crippen LogP contribution is 2.31. The summed E-state index contributed by atoms with van der Waals surface area (Å²) in [5, 5.41) is 26.1. The normalized spacial score (nSPS) is 23.6. The van der Waals surface area contributed by atoms with Crippen molar-refractivity contribution in [1.29, 1.82) is 15.8 Å². The van der Waals surface area contributed by atoms with Crippen LogP contribution >= 0.6 is 0 Å². The maximum atomic E-state index is 8.73. The molecule has 1 aliphatic rings. The molecule has 1 atom stereocenters. The lowest BCUT2D eigenvalue weighted by Crippen LogP contribution is -2.24. The highest BCUT2D eigenvalue weighted by molar-refractivity contribution is 5.37. The van der Waals surface area contributed by atoms with Crippen molar-refractivity contribution >= 4 is 0 Å². The average Bonchev–Trinajstić information content (AvgIpc) is 2.17. The molecule has 0 aromatic carbocycles. The molecule has 0 N–H and O–H groups in total. The first kappa shape index (κ1) is 8.05. The van der Waals surface area contributed by atoms with E-state index in [0.717, 1.165) is 0 Å². The standard InChI is InChI=1S/C9H5N3/c10-5-8-3-1-2-4-9(8,6-11)7-12/h1-4,8H. The molecule has 1 unspecified atom stereocenters. The molecule has 0 heterocycles. The molecule has 0 radical (unpaired) electrons. The third-order valence-corrected chi connectivity index (χ3v) is 1.77. The molecule has 0 aliphatic heterocycles. The van der Waals surface area contributed by atoms with Crippen LogP contribution in [-0.2, 0) is 0 Å². The van der Waals surface area contributed by atoms with Gasteiger partial charge < -0.3 is 0 Å². The van der Waals surface area contributed by atoms with Crippen molar-refractivity contribution in [3.05, 3.63) is 24.3 Å². The first-order valence-corrected chi connectivity index (χ1v) is 3.37. The molecule has 56 valence electrons. The Balaban J connectivity index is 3.16. The average molecular weight is 155 g/mol. The Bertz CT molecular complexity index is 343. The largest absolute Gasteiger partial charge is 0.198 e. The second kappa shape index (κ2) is 2.91. The monoisotopic (exact) mass is 155 g/mol. The van der Waals surface area contributed by atoms with Crippen molar-refractivity contribution in [3.8, 4) is 18.2 Å². The van der Waals surface area contributed by atoms with Gasteiger partial charge in [-0.25, -0.2) is 0 Å². The first-order valence-electron chi connectivity index (χ1n) is 3.37. The van der Waals surface area contributed by atoms with Crippen molar-refractivity contribution in [2.24, 2.45) is 11.3 Å². The van der Waals surface area contributed by atoms with Gasteiger partial charge in [0.2, 0.25) is 0 Å². The molecule has 1 rings (SSSR count). The van der Waals surface area contributed by atoms with Crippen LogP contribution in [0.1, 0.15) is 0 Å². The van der Waals surface area contributed by atoms with Gasteiger partial charge in [0.15, 0.2) is 5.41 Å². The number of nitriles is 3. The quantitative estimate of drug-likeness (QED) is 0.529. The van der Waals surface area contributed by atoms with E-state index in [4.69, 9.17) is 15.8 Å².